The second-order valence-electron chi connectivity index (χ2n) is 7.65. The number of nitriles is 1. The number of ether oxygens (including phenoxy) is 1. The molecule has 6 heteroatoms. The Morgan fingerprint density at radius 3 is 3.00 bits per heavy atom. The summed E-state index contributed by atoms with van der Waals surface area (Å²) in [6.45, 7) is 8.21. The number of rotatable bonds is 4. The number of fused-ring (bicyclic) bond motifs is 1. The Hall–Kier alpha value is -2.13. The summed E-state index contributed by atoms with van der Waals surface area (Å²) in [7, 11) is 0. The molecule has 1 aromatic rings. The molecule has 0 aromatic heterocycles. The number of benzene rings is 1. The van der Waals surface area contributed by atoms with Crippen LogP contribution >= 0.6 is 0 Å². The summed E-state index contributed by atoms with van der Waals surface area (Å²) >= 11 is 0. The van der Waals surface area contributed by atoms with E-state index >= 15 is 0 Å². The van der Waals surface area contributed by atoms with Crippen molar-refractivity contribution in [2.45, 2.75) is 52.3 Å². The third-order valence-electron chi connectivity index (χ3n) is 5.55. The van der Waals surface area contributed by atoms with E-state index in [1.165, 1.54) is 12.1 Å². The van der Waals surface area contributed by atoms with Crippen molar-refractivity contribution in [3.05, 3.63) is 35.1 Å². The maximum atomic E-state index is 14.0. The molecule has 0 radical (unpaired) electrons. The van der Waals surface area contributed by atoms with Crippen LogP contribution in [-0.4, -0.2) is 31.3 Å². The minimum Gasteiger partial charge on any atom is -0.377 e. The van der Waals surface area contributed by atoms with Gasteiger partial charge in [0, 0.05) is 36.1 Å². The lowest BCUT2D eigenvalue weighted by Gasteiger charge is -2.60. The number of guanidine groups is 1. The van der Waals surface area contributed by atoms with Crippen molar-refractivity contribution < 1.29 is 9.13 Å². The summed E-state index contributed by atoms with van der Waals surface area (Å²) in [6, 6.07) is 6.67. The molecule has 1 aliphatic heterocycles. The molecule has 2 aliphatic rings. The zero-order valence-corrected chi connectivity index (χ0v) is 15.7. The molecule has 140 valence electrons. The van der Waals surface area contributed by atoms with Crippen molar-refractivity contribution in [2.75, 3.05) is 13.2 Å². The monoisotopic (exact) mass is 358 g/mol. The minimum atomic E-state index is -0.340. The Morgan fingerprint density at radius 1 is 1.46 bits per heavy atom. The van der Waals surface area contributed by atoms with Gasteiger partial charge in [-0.1, -0.05) is 13.8 Å². The van der Waals surface area contributed by atoms with E-state index in [0.29, 0.717) is 29.1 Å². The lowest BCUT2D eigenvalue weighted by atomic mass is 9.55. The SMILES string of the molecule is CCNC(=NCc1cc(C#N)ccc1F)NC1C2CCCOC2C1(C)C. The van der Waals surface area contributed by atoms with E-state index in [4.69, 9.17) is 10.00 Å². The largest absolute Gasteiger partial charge is 0.377 e. The number of halogens is 1. The Bertz CT molecular complexity index is 725. The van der Waals surface area contributed by atoms with Crippen molar-refractivity contribution >= 4 is 5.96 Å². The highest BCUT2D eigenvalue weighted by molar-refractivity contribution is 5.80. The first-order valence-corrected chi connectivity index (χ1v) is 9.32. The van der Waals surface area contributed by atoms with Crippen LogP contribution in [0.4, 0.5) is 4.39 Å². The van der Waals surface area contributed by atoms with Crippen LogP contribution in [0.2, 0.25) is 0 Å². The van der Waals surface area contributed by atoms with Crippen LogP contribution in [0.25, 0.3) is 0 Å². The summed E-state index contributed by atoms with van der Waals surface area (Å²) in [4.78, 5) is 4.55. The number of hydrogen-bond acceptors (Lipinski definition) is 3. The van der Waals surface area contributed by atoms with Crippen LogP contribution in [-0.2, 0) is 11.3 Å². The highest BCUT2D eigenvalue weighted by atomic mass is 19.1. The highest BCUT2D eigenvalue weighted by Crippen LogP contribution is 2.51. The molecule has 2 N–H and O–H groups in total. The zero-order valence-electron chi connectivity index (χ0n) is 15.7. The Labute approximate surface area is 154 Å². The van der Waals surface area contributed by atoms with Gasteiger partial charge in [0.2, 0.25) is 0 Å². The highest BCUT2D eigenvalue weighted by Gasteiger charge is 2.58. The molecule has 3 unspecified atom stereocenters. The van der Waals surface area contributed by atoms with Gasteiger partial charge in [-0.05, 0) is 38.0 Å². The molecule has 3 atom stereocenters. The predicted molar refractivity (Wildman–Crippen MR) is 99.1 cm³/mol. The van der Waals surface area contributed by atoms with Gasteiger partial charge in [-0.3, -0.25) is 0 Å². The maximum Gasteiger partial charge on any atom is 0.191 e. The minimum absolute atomic E-state index is 0.0350. The van der Waals surface area contributed by atoms with E-state index in [9.17, 15) is 4.39 Å². The second kappa shape index (κ2) is 7.63. The predicted octanol–water partition coefficient (Wildman–Crippen LogP) is 2.96. The topological polar surface area (TPSA) is 69.4 Å². The smallest absolute Gasteiger partial charge is 0.191 e. The lowest BCUT2D eigenvalue weighted by molar-refractivity contribution is -0.188. The second-order valence-corrected chi connectivity index (χ2v) is 7.65. The molecule has 1 saturated carbocycles. The van der Waals surface area contributed by atoms with Gasteiger partial charge in [-0.2, -0.15) is 5.26 Å². The molecule has 1 aromatic carbocycles. The van der Waals surface area contributed by atoms with Crippen LogP contribution < -0.4 is 10.6 Å². The van der Waals surface area contributed by atoms with E-state index in [2.05, 4.69) is 29.5 Å². The molecule has 1 heterocycles. The standard InChI is InChI=1S/C20H27FN4O/c1-4-23-19(24-12-14-10-13(11-22)7-8-16(14)21)25-17-15-6-5-9-26-18(15)20(17,2)3/h7-8,10,15,17-18H,4-6,9,12H2,1-3H3,(H2,23,24,25). The van der Waals surface area contributed by atoms with Crippen LogP contribution in [0.5, 0.6) is 0 Å². The lowest BCUT2D eigenvalue weighted by Crippen LogP contribution is -2.71. The van der Waals surface area contributed by atoms with E-state index in [0.717, 1.165) is 26.0 Å². The molecule has 3 rings (SSSR count). The molecular formula is C20H27FN4O. The van der Waals surface area contributed by atoms with E-state index in [1.807, 2.05) is 13.0 Å². The molecular weight excluding hydrogens is 331 g/mol. The fourth-order valence-electron chi connectivity index (χ4n) is 4.21. The van der Waals surface area contributed by atoms with Gasteiger partial charge in [-0.25, -0.2) is 9.38 Å². The van der Waals surface area contributed by atoms with Gasteiger partial charge < -0.3 is 15.4 Å². The third kappa shape index (κ3) is 3.54. The molecule has 0 amide bonds. The fourth-order valence-corrected chi connectivity index (χ4v) is 4.21. The van der Waals surface area contributed by atoms with Crippen molar-refractivity contribution in [3.63, 3.8) is 0 Å². The van der Waals surface area contributed by atoms with E-state index in [-0.39, 0.29) is 23.8 Å². The maximum absolute atomic E-state index is 14.0. The van der Waals surface area contributed by atoms with Crippen molar-refractivity contribution in [2.24, 2.45) is 16.3 Å². The number of hydrogen-bond donors (Lipinski definition) is 2. The van der Waals surface area contributed by atoms with Gasteiger partial charge in [0.05, 0.1) is 24.3 Å². The van der Waals surface area contributed by atoms with Gasteiger partial charge in [0.25, 0.3) is 0 Å². The van der Waals surface area contributed by atoms with Gasteiger partial charge >= 0.3 is 0 Å². The van der Waals surface area contributed by atoms with Crippen molar-refractivity contribution in [3.8, 4) is 6.07 Å². The van der Waals surface area contributed by atoms with Gasteiger partial charge in [-0.15, -0.1) is 0 Å². The number of nitrogens with one attached hydrogen (secondary N) is 2. The first-order valence-electron chi connectivity index (χ1n) is 9.32. The van der Waals surface area contributed by atoms with Crippen LogP contribution in [0, 0.1) is 28.5 Å². The zero-order chi connectivity index (χ0) is 18.7. The quantitative estimate of drug-likeness (QED) is 0.641. The molecule has 2 fully saturated rings. The average molecular weight is 358 g/mol. The van der Waals surface area contributed by atoms with E-state index in [1.54, 1.807) is 6.07 Å². The van der Waals surface area contributed by atoms with Crippen molar-refractivity contribution in [1.82, 2.24) is 10.6 Å². The average Bonchev–Trinajstić information content (AvgIpc) is 2.65. The normalized spacial score (nSPS) is 27.0. The first-order chi connectivity index (χ1) is 12.5. The molecule has 0 bridgehead atoms. The number of nitrogens with zero attached hydrogens (tertiary/aromatic N) is 2. The van der Waals surface area contributed by atoms with Crippen LogP contribution in [0.3, 0.4) is 0 Å². The molecule has 1 aliphatic carbocycles. The number of aliphatic imine (C=N–C) groups is 1. The molecule has 26 heavy (non-hydrogen) atoms. The Morgan fingerprint density at radius 2 is 2.27 bits per heavy atom. The Kier molecular flexibility index (Phi) is 5.47. The van der Waals surface area contributed by atoms with E-state index < -0.39 is 0 Å². The van der Waals surface area contributed by atoms with Crippen molar-refractivity contribution in [1.29, 1.82) is 5.26 Å². The summed E-state index contributed by atoms with van der Waals surface area (Å²) in [5.74, 6) is 0.825. The molecule has 5 nitrogen and oxygen atoms in total. The first kappa shape index (κ1) is 18.7. The summed E-state index contributed by atoms with van der Waals surface area (Å²) in [5.41, 5.74) is 0.901. The summed E-state index contributed by atoms with van der Waals surface area (Å²) in [6.07, 6.45) is 2.54. The van der Waals surface area contributed by atoms with Gasteiger partial charge in [0.1, 0.15) is 5.82 Å². The van der Waals surface area contributed by atoms with Gasteiger partial charge in [0.15, 0.2) is 5.96 Å². The molecule has 0 spiro atoms. The summed E-state index contributed by atoms with van der Waals surface area (Å²) < 4.78 is 19.9. The third-order valence-corrected chi connectivity index (χ3v) is 5.55. The Balaban J connectivity index is 1.73. The fraction of sp³-hybridized carbons (Fsp3) is 0.600. The summed E-state index contributed by atoms with van der Waals surface area (Å²) in [5, 5.41) is 15.8. The molecule has 1 saturated heterocycles. The van der Waals surface area contributed by atoms with Crippen LogP contribution in [0.1, 0.15) is 44.7 Å². The van der Waals surface area contributed by atoms with Crippen LogP contribution in [0.15, 0.2) is 23.2 Å².